The van der Waals surface area contributed by atoms with Crippen LogP contribution < -0.4 is 10.6 Å². The van der Waals surface area contributed by atoms with Crippen LogP contribution in [-0.4, -0.2) is 148 Å². The number of carbonyl (C=O) groups excluding carboxylic acids is 3. The van der Waals surface area contributed by atoms with Gasteiger partial charge in [-0.25, -0.2) is 16.8 Å². The summed E-state index contributed by atoms with van der Waals surface area (Å²) in [7, 11) is -7.17. The molecule has 3 aliphatic heterocycles. The number of morpholine rings is 1. The average molecular weight is 1020 g/mol. The number of thiophene rings is 2. The van der Waals surface area contributed by atoms with Crippen molar-refractivity contribution in [2.75, 3.05) is 85.2 Å². The zero-order valence-electron chi connectivity index (χ0n) is 35.9. The zero-order valence-corrected chi connectivity index (χ0v) is 40.7. The minimum atomic E-state index is -3.62. The lowest BCUT2D eigenvalue weighted by molar-refractivity contribution is -0.136. The molecule has 2 N–H and O–H groups in total. The van der Waals surface area contributed by atoms with E-state index >= 15 is 0 Å². The van der Waals surface area contributed by atoms with Crippen LogP contribution in [0.5, 0.6) is 0 Å². The van der Waals surface area contributed by atoms with Gasteiger partial charge in [0.15, 0.2) is 0 Å². The number of pyridine rings is 1. The van der Waals surface area contributed by atoms with E-state index in [0.717, 1.165) is 27.6 Å². The molecule has 0 atom stereocenters. The van der Waals surface area contributed by atoms with Crippen molar-refractivity contribution in [2.45, 2.75) is 28.1 Å². The Balaban J connectivity index is 0.000000197. The molecule has 3 fully saturated rings. The van der Waals surface area contributed by atoms with Crippen LogP contribution in [0, 0.1) is 0 Å². The van der Waals surface area contributed by atoms with Gasteiger partial charge in [0, 0.05) is 115 Å². The molecule has 5 aromatic rings. The van der Waals surface area contributed by atoms with Gasteiger partial charge in [-0.05, 0) is 90.5 Å². The van der Waals surface area contributed by atoms with Gasteiger partial charge in [0.2, 0.25) is 5.91 Å². The first-order valence-electron chi connectivity index (χ1n) is 21.2. The normalized spacial score (nSPS) is 16.8. The highest BCUT2D eigenvalue weighted by atomic mass is 35.5. The summed E-state index contributed by atoms with van der Waals surface area (Å²) in [5.41, 5.74) is 2.15. The first-order valence-corrected chi connectivity index (χ1v) is 26.5. The minimum absolute atomic E-state index is 0.0585. The third-order valence-electron chi connectivity index (χ3n) is 11.1. The maximum atomic E-state index is 13.1. The van der Waals surface area contributed by atoms with Crippen LogP contribution >= 0.6 is 45.9 Å². The molecule has 0 aliphatic carbocycles. The monoisotopic (exact) mass is 1020 g/mol. The molecule has 0 bridgehead atoms. The number of hydrogen-bond donors (Lipinski definition) is 2. The van der Waals surface area contributed by atoms with E-state index in [0.29, 0.717) is 111 Å². The smallest absolute Gasteiger partial charge is 0.252 e. The van der Waals surface area contributed by atoms with Crippen LogP contribution in [0.3, 0.4) is 0 Å². The predicted octanol–water partition coefficient (Wildman–Crippen LogP) is 4.73. The molecule has 2 aromatic carbocycles. The highest BCUT2D eigenvalue weighted by molar-refractivity contribution is 7.91. The maximum Gasteiger partial charge on any atom is 0.252 e. The van der Waals surface area contributed by atoms with E-state index in [4.69, 9.17) is 27.9 Å². The van der Waals surface area contributed by atoms with E-state index in [1.807, 2.05) is 17.0 Å². The number of ether oxygens (including phenoxy) is 1. The summed E-state index contributed by atoms with van der Waals surface area (Å²) >= 11 is 14.0. The number of carbonyl (C=O) groups is 3. The fraction of sp³-hybridized carbons (Fsp3) is 0.364. The first-order chi connectivity index (χ1) is 31.7. The summed E-state index contributed by atoms with van der Waals surface area (Å²) in [5.74, 6) is -0.426. The van der Waals surface area contributed by atoms with Crippen LogP contribution in [0.15, 0.2) is 106 Å². The predicted molar refractivity (Wildman–Crippen MR) is 255 cm³/mol. The second-order valence-corrected chi connectivity index (χ2v) is 23.1. The van der Waals surface area contributed by atoms with Crippen LogP contribution in [0.25, 0.3) is 0 Å². The molecular formula is C44H50Cl2N8O8S4. The fourth-order valence-electron chi connectivity index (χ4n) is 7.29. The molecular weight excluding hydrogens is 968 g/mol. The number of nitrogens with zero attached hydrogens (tertiary/aromatic N) is 6. The Hall–Kier alpha value is -4.32. The standard InChI is InChI=1S/C22H27ClN4O5S2.C22H23ClN4O3S2/c23-18-3-1-17(2-4-18)22(29)24-15-19-5-6-21(33-19)34(30,31)27-9-7-25(8-10-27)16-20(28)26-11-13-32-14-12-26;23-19-3-1-18(2-4-19)22(28)25-15-20-5-6-21(31-20)32(29,30)27-13-11-26(12-14-27)16-17-7-9-24-10-8-17/h1-6H,7-16H2,(H,24,29);1-10H,11-16H2,(H,25,28). The Morgan fingerprint density at radius 1 is 0.576 bits per heavy atom. The van der Waals surface area contributed by atoms with Crippen molar-refractivity contribution in [1.29, 1.82) is 0 Å². The maximum absolute atomic E-state index is 13.1. The Morgan fingerprint density at radius 3 is 1.47 bits per heavy atom. The molecule has 6 heterocycles. The number of hydrogen-bond acceptors (Lipinski definition) is 13. The molecule has 3 amide bonds. The van der Waals surface area contributed by atoms with E-state index < -0.39 is 20.0 Å². The Kier molecular flexibility index (Phi) is 17.4. The highest BCUT2D eigenvalue weighted by Crippen LogP contribution is 2.28. The van der Waals surface area contributed by atoms with Crippen LogP contribution in [-0.2, 0) is 49.2 Å². The summed E-state index contributed by atoms with van der Waals surface area (Å²) in [6, 6.07) is 23.8. The van der Waals surface area contributed by atoms with Gasteiger partial charge in [0.25, 0.3) is 31.9 Å². The lowest BCUT2D eigenvalue weighted by atomic mass is 10.2. The number of benzene rings is 2. The second kappa shape index (κ2) is 23.1. The van der Waals surface area contributed by atoms with Crippen LogP contribution in [0.2, 0.25) is 10.0 Å². The van der Waals surface area contributed by atoms with Crippen molar-refractivity contribution in [3.8, 4) is 0 Å². The van der Waals surface area contributed by atoms with Gasteiger partial charge in [-0.3, -0.25) is 29.2 Å². The Morgan fingerprint density at radius 2 is 1.02 bits per heavy atom. The van der Waals surface area contributed by atoms with Crippen molar-refractivity contribution in [3.05, 3.63) is 134 Å². The SMILES string of the molecule is O=C(NCc1ccc(S(=O)(=O)N2CCN(CC(=O)N3CCOCC3)CC2)s1)c1ccc(Cl)cc1.O=C(NCc1ccc(S(=O)(=O)N2CCN(Cc3ccncc3)CC2)s1)c1ccc(Cl)cc1. The van der Waals surface area contributed by atoms with Gasteiger partial charge in [0.05, 0.1) is 32.8 Å². The summed E-state index contributed by atoms with van der Waals surface area (Å²) in [4.78, 5) is 48.6. The molecule has 0 radical (unpaired) electrons. The van der Waals surface area contributed by atoms with Crippen molar-refractivity contribution in [3.63, 3.8) is 0 Å². The van der Waals surface area contributed by atoms with E-state index in [9.17, 15) is 31.2 Å². The lowest BCUT2D eigenvalue weighted by Crippen LogP contribution is -2.52. The third kappa shape index (κ3) is 13.4. The number of halogens is 2. The van der Waals surface area contributed by atoms with Crippen molar-refractivity contribution in [2.24, 2.45) is 0 Å². The number of nitrogens with one attached hydrogen (secondary N) is 2. The third-order valence-corrected chi connectivity index (χ3v) is 18.5. The summed E-state index contributed by atoms with van der Waals surface area (Å²) in [5, 5.41) is 6.73. The van der Waals surface area contributed by atoms with Gasteiger partial charge < -0.3 is 20.3 Å². The summed E-state index contributed by atoms with van der Waals surface area (Å²) in [6.45, 7) is 7.85. The molecule has 66 heavy (non-hydrogen) atoms. The molecule has 0 spiro atoms. The van der Waals surface area contributed by atoms with E-state index in [1.54, 1.807) is 90.1 Å². The quantitative estimate of drug-likeness (QED) is 0.157. The van der Waals surface area contributed by atoms with Crippen molar-refractivity contribution < 1.29 is 36.0 Å². The number of sulfonamides is 2. The molecule has 16 nitrogen and oxygen atoms in total. The average Bonchev–Trinajstić information content (AvgIpc) is 4.04. The molecule has 22 heteroatoms. The molecule has 352 valence electrons. The van der Waals surface area contributed by atoms with Crippen LogP contribution in [0.4, 0.5) is 0 Å². The molecule has 8 rings (SSSR count). The summed E-state index contributed by atoms with van der Waals surface area (Å²) in [6.07, 6.45) is 3.53. The van der Waals surface area contributed by atoms with Crippen molar-refractivity contribution >= 4 is 83.6 Å². The van der Waals surface area contributed by atoms with Gasteiger partial charge in [0.1, 0.15) is 8.42 Å². The summed E-state index contributed by atoms with van der Waals surface area (Å²) < 4.78 is 61.2. The second-order valence-electron chi connectivity index (χ2n) is 15.5. The minimum Gasteiger partial charge on any atom is -0.378 e. The molecule has 0 saturated carbocycles. The van der Waals surface area contributed by atoms with E-state index in [-0.39, 0.29) is 35.0 Å². The van der Waals surface area contributed by atoms with Gasteiger partial charge >= 0.3 is 0 Å². The highest BCUT2D eigenvalue weighted by Gasteiger charge is 2.32. The topological polar surface area (TPSA) is 182 Å². The molecule has 3 saturated heterocycles. The number of amides is 3. The number of piperazine rings is 2. The molecule has 3 aliphatic rings. The fourth-order valence-corrected chi connectivity index (χ4v) is 13.3. The first kappa shape index (κ1) is 49.6. The Labute approximate surface area is 403 Å². The number of rotatable bonds is 14. The van der Waals surface area contributed by atoms with Gasteiger partial charge in [-0.15, -0.1) is 22.7 Å². The van der Waals surface area contributed by atoms with Crippen LogP contribution in [0.1, 0.15) is 36.0 Å². The van der Waals surface area contributed by atoms with Crippen molar-refractivity contribution in [1.82, 2.24) is 38.9 Å². The van der Waals surface area contributed by atoms with Gasteiger partial charge in [-0.2, -0.15) is 8.61 Å². The number of aromatic nitrogens is 1. The van der Waals surface area contributed by atoms with E-state index in [1.165, 1.54) is 25.5 Å². The van der Waals surface area contributed by atoms with Gasteiger partial charge in [-0.1, -0.05) is 23.2 Å². The van der Waals surface area contributed by atoms with E-state index in [2.05, 4.69) is 20.5 Å². The molecule has 0 unspecified atom stereocenters. The molecule has 3 aromatic heterocycles. The Bertz CT molecular complexity index is 2630. The lowest BCUT2D eigenvalue weighted by Gasteiger charge is -2.35. The zero-order chi connectivity index (χ0) is 46.7. The largest absolute Gasteiger partial charge is 0.378 e.